The standard InChI is InChI=1S/C10H12ClNO/c1-6-8(10(11)7(2)13)4-3-5-9(6)12/h3-5,10H,12H2,1-2H3. The minimum Gasteiger partial charge on any atom is -0.399 e. The molecule has 0 amide bonds. The van der Waals surface area contributed by atoms with Crippen LogP contribution < -0.4 is 5.73 Å². The number of anilines is 1. The average molecular weight is 198 g/mol. The molecule has 1 aromatic rings. The molecule has 0 aromatic heterocycles. The monoisotopic (exact) mass is 197 g/mol. The summed E-state index contributed by atoms with van der Waals surface area (Å²) in [6, 6.07) is 5.42. The zero-order valence-corrected chi connectivity index (χ0v) is 8.43. The van der Waals surface area contributed by atoms with Crippen LogP contribution in [0.15, 0.2) is 18.2 Å². The van der Waals surface area contributed by atoms with Gasteiger partial charge in [0.05, 0.1) is 0 Å². The van der Waals surface area contributed by atoms with Crippen LogP contribution in [0.25, 0.3) is 0 Å². The molecule has 2 nitrogen and oxygen atoms in total. The summed E-state index contributed by atoms with van der Waals surface area (Å²) >= 11 is 5.91. The molecule has 1 unspecified atom stereocenters. The third-order valence-corrected chi connectivity index (χ3v) is 2.59. The Morgan fingerprint density at radius 3 is 2.69 bits per heavy atom. The Morgan fingerprint density at radius 1 is 1.54 bits per heavy atom. The zero-order chi connectivity index (χ0) is 10.0. The van der Waals surface area contributed by atoms with Crippen molar-refractivity contribution in [2.45, 2.75) is 19.2 Å². The van der Waals surface area contributed by atoms with Gasteiger partial charge in [-0.05, 0) is 31.0 Å². The third kappa shape index (κ3) is 2.01. The Kier molecular flexibility index (Phi) is 2.94. The van der Waals surface area contributed by atoms with Gasteiger partial charge in [-0.3, -0.25) is 4.79 Å². The first-order chi connectivity index (χ1) is 6.04. The molecule has 1 rings (SSSR count). The molecule has 0 radical (unpaired) electrons. The highest BCUT2D eigenvalue weighted by Crippen LogP contribution is 2.27. The largest absolute Gasteiger partial charge is 0.399 e. The first-order valence-electron chi connectivity index (χ1n) is 4.03. The molecule has 0 aliphatic heterocycles. The van der Waals surface area contributed by atoms with E-state index < -0.39 is 5.38 Å². The van der Waals surface area contributed by atoms with Crippen molar-refractivity contribution in [1.82, 2.24) is 0 Å². The van der Waals surface area contributed by atoms with Crippen molar-refractivity contribution < 1.29 is 4.79 Å². The molecule has 1 aromatic carbocycles. The van der Waals surface area contributed by atoms with Crippen LogP contribution in [0.2, 0.25) is 0 Å². The fourth-order valence-corrected chi connectivity index (χ4v) is 1.40. The van der Waals surface area contributed by atoms with Crippen LogP contribution >= 0.6 is 11.6 Å². The van der Waals surface area contributed by atoms with Gasteiger partial charge in [-0.1, -0.05) is 12.1 Å². The Morgan fingerprint density at radius 2 is 2.15 bits per heavy atom. The topological polar surface area (TPSA) is 43.1 Å². The van der Waals surface area contributed by atoms with Crippen molar-refractivity contribution in [1.29, 1.82) is 0 Å². The van der Waals surface area contributed by atoms with Crippen LogP contribution in [0.5, 0.6) is 0 Å². The number of Topliss-reactive ketones (excluding diaryl/α,β-unsaturated/α-hetero) is 1. The number of benzene rings is 1. The smallest absolute Gasteiger partial charge is 0.152 e. The normalized spacial score (nSPS) is 12.5. The van der Waals surface area contributed by atoms with Crippen molar-refractivity contribution in [2.24, 2.45) is 0 Å². The predicted octanol–water partition coefficient (Wildman–Crippen LogP) is 2.45. The lowest BCUT2D eigenvalue weighted by Crippen LogP contribution is -2.05. The van der Waals surface area contributed by atoms with E-state index in [0.29, 0.717) is 5.69 Å². The predicted molar refractivity (Wildman–Crippen MR) is 54.9 cm³/mol. The van der Waals surface area contributed by atoms with Crippen molar-refractivity contribution in [3.05, 3.63) is 29.3 Å². The average Bonchev–Trinajstić information content (AvgIpc) is 2.08. The molecule has 1 atom stereocenters. The molecule has 13 heavy (non-hydrogen) atoms. The molecule has 0 bridgehead atoms. The maximum absolute atomic E-state index is 11.0. The second-order valence-corrected chi connectivity index (χ2v) is 3.47. The van der Waals surface area contributed by atoms with Gasteiger partial charge in [0.1, 0.15) is 5.38 Å². The number of nitrogens with two attached hydrogens (primary N) is 1. The summed E-state index contributed by atoms with van der Waals surface area (Å²) < 4.78 is 0. The summed E-state index contributed by atoms with van der Waals surface area (Å²) in [5.41, 5.74) is 8.05. The Balaban J connectivity index is 3.15. The van der Waals surface area contributed by atoms with Crippen molar-refractivity contribution in [3.8, 4) is 0 Å². The first-order valence-corrected chi connectivity index (χ1v) is 4.47. The number of rotatable bonds is 2. The molecule has 0 aliphatic rings. The molecule has 0 saturated heterocycles. The molecular weight excluding hydrogens is 186 g/mol. The highest BCUT2D eigenvalue weighted by atomic mass is 35.5. The van der Waals surface area contributed by atoms with Gasteiger partial charge in [0.2, 0.25) is 0 Å². The van der Waals surface area contributed by atoms with Crippen LogP contribution in [-0.4, -0.2) is 5.78 Å². The van der Waals surface area contributed by atoms with Gasteiger partial charge in [0.15, 0.2) is 5.78 Å². The summed E-state index contributed by atoms with van der Waals surface area (Å²) in [4.78, 5) is 11.0. The summed E-state index contributed by atoms with van der Waals surface area (Å²) in [7, 11) is 0. The van der Waals surface area contributed by atoms with Crippen LogP contribution in [0.3, 0.4) is 0 Å². The molecule has 70 valence electrons. The van der Waals surface area contributed by atoms with Crippen molar-refractivity contribution in [3.63, 3.8) is 0 Å². The van der Waals surface area contributed by atoms with Crippen LogP contribution in [0.4, 0.5) is 5.69 Å². The number of halogens is 1. The number of ketones is 1. The highest BCUT2D eigenvalue weighted by molar-refractivity contribution is 6.31. The summed E-state index contributed by atoms with van der Waals surface area (Å²) in [5.74, 6) is -0.0598. The van der Waals surface area contributed by atoms with E-state index in [1.807, 2.05) is 13.0 Å². The van der Waals surface area contributed by atoms with Crippen LogP contribution in [0, 0.1) is 6.92 Å². The lowest BCUT2D eigenvalue weighted by atomic mass is 10.0. The molecule has 3 heteroatoms. The molecule has 0 saturated carbocycles. The van der Waals surface area contributed by atoms with Gasteiger partial charge in [-0.2, -0.15) is 0 Å². The second kappa shape index (κ2) is 3.79. The van der Waals surface area contributed by atoms with Gasteiger partial charge in [0, 0.05) is 5.69 Å². The van der Waals surface area contributed by atoms with Crippen molar-refractivity contribution >= 4 is 23.1 Å². The van der Waals surface area contributed by atoms with E-state index in [9.17, 15) is 4.79 Å². The number of carbonyl (C=O) groups is 1. The zero-order valence-electron chi connectivity index (χ0n) is 7.67. The minimum atomic E-state index is -0.580. The Bertz CT molecular complexity index is 336. The van der Waals surface area contributed by atoms with E-state index in [-0.39, 0.29) is 5.78 Å². The molecule has 0 heterocycles. The summed E-state index contributed by atoms with van der Waals surface area (Å²) in [6.07, 6.45) is 0. The van der Waals surface area contributed by atoms with Gasteiger partial charge in [-0.15, -0.1) is 11.6 Å². The first kappa shape index (κ1) is 10.1. The summed E-state index contributed by atoms with van der Waals surface area (Å²) in [6.45, 7) is 3.34. The molecule has 0 aliphatic carbocycles. The third-order valence-electron chi connectivity index (χ3n) is 2.05. The Hall–Kier alpha value is -1.02. The van der Waals surface area contributed by atoms with E-state index in [4.69, 9.17) is 17.3 Å². The van der Waals surface area contributed by atoms with E-state index in [1.54, 1.807) is 12.1 Å². The molecule has 0 fully saturated rings. The lowest BCUT2D eigenvalue weighted by molar-refractivity contribution is -0.116. The molecule has 2 N–H and O–H groups in total. The summed E-state index contributed by atoms with van der Waals surface area (Å²) in [5, 5.41) is -0.580. The molecule has 0 spiro atoms. The number of hydrogen-bond acceptors (Lipinski definition) is 2. The maximum Gasteiger partial charge on any atom is 0.152 e. The van der Waals surface area contributed by atoms with E-state index in [2.05, 4.69) is 0 Å². The van der Waals surface area contributed by atoms with Crippen LogP contribution in [0.1, 0.15) is 23.4 Å². The van der Waals surface area contributed by atoms with Gasteiger partial charge in [0.25, 0.3) is 0 Å². The number of nitrogen functional groups attached to an aromatic ring is 1. The van der Waals surface area contributed by atoms with E-state index >= 15 is 0 Å². The van der Waals surface area contributed by atoms with Gasteiger partial charge in [-0.25, -0.2) is 0 Å². The van der Waals surface area contributed by atoms with Crippen molar-refractivity contribution in [2.75, 3.05) is 5.73 Å². The highest BCUT2D eigenvalue weighted by Gasteiger charge is 2.15. The SMILES string of the molecule is CC(=O)C(Cl)c1cccc(N)c1C. The number of alkyl halides is 1. The quantitative estimate of drug-likeness (QED) is 0.585. The van der Waals surface area contributed by atoms with Gasteiger partial charge >= 0.3 is 0 Å². The fraction of sp³-hybridized carbons (Fsp3) is 0.300. The van der Waals surface area contributed by atoms with E-state index in [1.165, 1.54) is 6.92 Å². The number of carbonyl (C=O) groups excluding carboxylic acids is 1. The molecular formula is C10H12ClNO. The minimum absolute atomic E-state index is 0.0598. The number of hydrogen-bond donors (Lipinski definition) is 1. The second-order valence-electron chi connectivity index (χ2n) is 3.03. The lowest BCUT2D eigenvalue weighted by Gasteiger charge is -2.10. The van der Waals surface area contributed by atoms with Crippen LogP contribution in [-0.2, 0) is 4.79 Å². The van der Waals surface area contributed by atoms with E-state index in [0.717, 1.165) is 11.1 Å². The van der Waals surface area contributed by atoms with Gasteiger partial charge < -0.3 is 5.73 Å². The Labute approximate surface area is 82.7 Å². The fourth-order valence-electron chi connectivity index (χ4n) is 1.17. The maximum atomic E-state index is 11.0.